The SMILES string of the molecule is Nc1c(-c2cccs2)cnn1-c1ccc(Cc2ccc(Cl)cc2Cl)nn1. The largest absolute Gasteiger partial charge is 0.383 e. The number of hydrogen-bond donors (Lipinski definition) is 1. The quantitative estimate of drug-likeness (QED) is 0.529. The summed E-state index contributed by atoms with van der Waals surface area (Å²) in [5.41, 5.74) is 8.85. The highest BCUT2D eigenvalue weighted by Crippen LogP contribution is 2.30. The minimum atomic E-state index is 0.537. The Balaban J connectivity index is 1.58. The van der Waals surface area contributed by atoms with Crippen molar-refractivity contribution in [3.05, 3.63) is 75.3 Å². The number of nitrogen functional groups attached to an aromatic ring is 1. The molecule has 4 aromatic rings. The van der Waals surface area contributed by atoms with Gasteiger partial charge in [-0.3, -0.25) is 0 Å². The summed E-state index contributed by atoms with van der Waals surface area (Å²) in [6.45, 7) is 0. The first kappa shape index (κ1) is 17.0. The second-order valence-electron chi connectivity index (χ2n) is 5.63. The average molecular weight is 402 g/mol. The Bertz CT molecular complexity index is 1040. The number of thiophene rings is 1. The molecule has 5 nitrogen and oxygen atoms in total. The molecule has 0 bridgehead atoms. The zero-order valence-corrected chi connectivity index (χ0v) is 15.8. The van der Waals surface area contributed by atoms with Crippen molar-refractivity contribution < 1.29 is 0 Å². The molecule has 0 aliphatic heterocycles. The molecule has 0 saturated heterocycles. The van der Waals surface area contributed by atoms with Crippen LogP contribution in [0.4, 0.5) is 5.82 Å². The number of aromatic nitrogens is 4. The lowest BCUT2D eigenvalue weighted by molar-refractivity contribution is 0.807. The van der Waals surface area contributed by atoms with Crippen LogP contribution in [-0.2, 0) is 6.42 Å². The summed E-state index contributed by atoms with van der Waals surface area (Å²) >= 11 is 13.8. The van der Waals surface area contributed by atoms with E-state index < -0.39 is 0 Å². The van der Waals surface area contributed by atoms with Crippen molar-refractivity contribution >= 4 is 40.4 Å². The van der Waals surface area contributed by atoms with Gasteiger partial charge in [0.1, 0.15) is 5.82 Å². The number of benzene rings is 1. The molecule has 0 fully saturated rings. The number of nitrogens with zero attached hydrogens (tertiary/aromatic N) is 4. The van der Waals surface area contributed by atoms with Crippen LogP contribution in [0.1, 0.15) is 11.3 Å². The van der Waals surface area contributed by atoms with Crippen molar-refractivity contribution in [3.8, 4) is 16.3 Å². The van der Waals surface area contributed by atoms with E-state index in [2.05, 4.69) is 15.3 Å². The van der Waals surface area contributed by atoms with Crippen LogP contribution in [0.3, 0.4) is 0 Å². The molecule has 2 N–H and O–H groups in total. The van der Waals surface area contributed by atoms with Gasteiger partial charge in [0, 0.05) is 21.3 Å². The molecule has 0 aliphatic rings. The molecule has 3 aromatic heterocycles. The zero-order valence-electron chi connectivity index (χ0n) is 13.4. The van der Waals surface area contributed by atoms with Gasteiger partial charge in [0.05, 0.1) is 17.5 Å². The molecule has 0 aliphatic carbocycles. The maximum atomic E-state index is 6.23. The van der Waals surface area contributed by atoms with Crippen molar-refractivity contribution in [1.82, 2.24) is 20.0 Å². The lowest BCUT2D eigenvalue weighted by atomic mass is 10.1. The molecule has 26 heavy (non-hydrogen) atoms. The molecule has 0 saturated carbocycles. The van der Waals surface area contributed by atoms with E-state index in [0.717, 1.165) is 21.7 Å². The first-order valence-electron chi connectivity index (χ1n) is 7.76. The van der Waals surface area contributed by atoms with E-state index in [-0.39, 0.29) is 0 Å². The van der Waals surface area contributed by atoms with Gasteiger partial charge in [-0.25, -0.2) is 0 Å². The lowest BCUT2D eigenvalue weighted by Gasteiger charge is -2.06. The highest BCUT2D eigenvalue weighted by molar-refractivity contribution is 7.13. The molecule has 0 unspecified atom stereocenters. The minimum Gasteiger partial charge on any atom is -0.383 e. The van der Waals surface area contributed by atoms with Gasteiger partial charge in [0.2, 0.25) is 0 Å². The van der Waals surface area contributed by atoms with Crippen molar-refractivity contribution in [3.63, 3.8) is 0 Å². The zero-order chi connectivity index (χ0) is 18.1. The normalized spacial score (nSPS) is 11.0. The van der Waals surface area contributed by atoms with Crippen molar-refractivity contribution in [2.45, 2.75) is 6.42 Å². The Morgan fingerprint density at radius 2 is 1.96 bits per heavy atom. The Morgan fingerprint density at radius 1 is 1.08 bits per heavy atom. The maximum Gasteiger partial charge on any atom is 0.178 e. The van der Waals surface area contributed by atoms with Gasteiger partial charge in [-0.1, -0.05) is 35.3 Å². The standard InChI is InChI=1S/C18H13Cl2N5S/c19-12-4-3-11(15(20)9-12)8-13-5-6-17(24-23-13)25-18(21)14(10-22-25)16-2-1-7-26-16/h1-7,9-10H,8,21H2. The Kier molecular flexibility index (Phi) is 4.63. The van der Waals surface area contributed by atoms with E-state index in [1.165, 1.54) is 0 Å². The second kappa shape index (κ2) is 7.07. The monoisotopic (exact) mass is 401 g/mol. The molecular formula is C18H13Cl2N5S. The summed E-state index contributed by atoms with van der Waals surface area (Å²) in [7, 11) is 0. The average Bonchev–Trinajstić information content (AvgIpc) is 3.28. The van der Waals surface area contributed by atoms with Crippen LogP contribution in [0.15, 0.2) is 54.0 Å². The third-order valence-electron chi connectivity index (χ3n) is 3.90. The van der Waals surface area contributed by atoms with Crippen LogP contribution >= 0.6 is 34.5 Å². The van der Waals surface area contributed by atoms with Crippen LogP contribution in [-0.4, -0.2) is 20.0 Å². The molecule has 3 heterocycles. The molecular weight excluding hydrogens is 389 g/mol. The van der Waals surface area contributed by atoms with Gasteiger partial charge in [-0.15, -0.1) is 16.4 Å². The predicted octanol–water partition coefficient (Wildman–Crippen LogP) is 4.87. The van der Waals surface area contributed by atoms with E-state index in [1.54, 1.807) is 34.3 Å². The second-order valence-corrected chi connectivity index (χ2v) is 7.42. The fraction of sp³-hybridized carbons (Fsp3) is 0.0556. The minimum absolute atomic E-state index is 0.537. The van der Waals surface area contributed by atoms with Crippen LogP contribution < -0.4 is 5.73 Å². The summed E-state index contributed by atoms with van der Waals surface area (Å²) < 4.78 is 1.58. The predicted molar refractivity (Wildman–Crippen MR) is 106 cm³/mol. The van der Waals surface area contributed by atoms with E-state index in [0.29, 0.717) is 28.1 Å². The van der Waals surface area contributed by atoms with Crippen LogP contribution in [0.5, 0.6) is 0 Å². The number of nitrogens with two attached hydrogens (primary N) is 1. The van der Waals surface area contributed by atoms with Crippen LogP contribution in [0.25, 0.3) is 16.3 Å². The first-order chi connectivity index (χ1) is 12.6. The van der Waals surface area contributed by atoms with Gasteiger partial charge in [0.15, 0.2) is 5.82 Å². The molecule has 4 rings (SSSR count). The van der Waals surface area contributed by atoms with E-state index in [9.17, 15) is 0 Å². The highest BCUT2D eigenvalue weighted by atomic mass is 35.5. The van der Waals surface area contributed by atoms with Gasteiger partial charge >= 0.3 is 0 Å². The molecule has 0 atom stereocenters. The maximum absolute atomic E-state index is 6.23. The summed E-state index contributed by atoms with van der Waals surface area (Å²) in [5.74, 6) is 1.10. The first-order valence-corrected chi connectivity index (χ1v) is 9.39. The van der Waals surface area contributed by atoms with Crippen LogP contribution in [0, 0.1) is 0 Å². The van der Waals surface area contributed by atoms with Crippen molar-refractivity contribution in [1.29, 1.82) is 0 Å². The number of hydrogen-bond acceptors (Lipinski definition) is 5. The fourth-order valence-electron chi connectivity index (χ4n) is 2.58. The summed E-state index contributed by atoms with van der Waals surface area (Å²) in [5, 5.41) is 16.1. The molecule has 130 valence electrons. The smallest absolute Gasteiger partial charge is 0.178 e. The molecule has 1 aromatic carbocycles. The lowest BCUT2D eigenvalue weighted by Crippen LogP contribution is -2.06. The molecule has 0 radical (unpaired) electrons. The Labute approximate surface area is 164 Å². The fourth-order valence-corrected chi connectivity index (χ4v) is 3.80. The summed E-state index contributed by atoms with van der Waals surface area (Å²) in [6, 6.07) is 13.1. The molecule has 0 spiro atoms. The topological polar surface area (TPSA) is 69.6 Å². The van der Waals surface area contributed by atoms with E-state index >= 15 is 0 Å². The third kappa shape index (κ3) is 3.31. The van der Waals surface area contributed by atoms with Crippen molar-refractivity contribution in [2.75, 3.05) is 5.73 Å². The van der Waals surface area contributed by atoms with E-state index in [1.807, 2.05) is 35.7 Å². The number of halogens is 2. The van der Waals surface area contributed by atoms with Gasteiger partial charge < -0.3 is 5.73 Å². The number of anilines is 1. The van der Waals surface area contributed by atoms with Crippen molar-refractivity contribution in [2.24, 2.45) is 0 Å². The highest BCUT2D eigenvalue weighted by Gasteiger charge is 2.13. The number of rotatable bonds is 4. The Morgan fingerprint density at radius 3 is 2.65 bits per heavy atom. The Hall–Kier alpha value is -2.41. The molecule has 0 amide bonds. The summed E-state index contributed by atoms with van der Waals surface area (Å²) in [4.78, 5) is 1.07. The van der Waals surface area contributed by atoms with Gasteiger partial charge in [0.25, 0.3) is 0 Å². The molecule has 8 heteroatoms. The van der Waals surface area contributed by atoms with Crippen LogP contribution in [0.2, 0.25) is 10.0 Å². The summed E-state index contributed by atoms with van der Waals surface area (Å²) in [6.07, 6.45) is 2.31. The van der Waals surface area contributed by atoms with E-state index in [4.69, 9.17) is 28.9 Å². The third-order valence-corrected chi connectivity index (χ3v) is 5.39. The van der Waals surface area contributed by atoms with Gasteiger partial charge in [-0.2, -0.15) is 14.9 Å². The van der Waals surface area contributed by atoms with Gasteiger partial charge in [-0.05, 0) is 41.3 Å².